The Kier molecular flexibility index (Phi) is 8.82. The van der Waals surface area contributed by atoms with Gasteiger partial charge in [-0.25, -0.2) is 0 Å². The first-order valence-electron chi connectivity index (χ1n) is 3.81. The highest BCUT2D eigenvalue weighted by Gasteiger charge is 1.79. The molecule has 0 atom stereocenters. The maximum Gasteiger partial charge on any atom is 0.118 e. The number of ether oxygens (including phenoxy) is 2. The van der Waals surface area contributed by atoms with E-state index in [-0.39, 0.29) is 0 Å². The van der Waals surface area contributed by atoms with Crippen LogP contribution < -0.4 is 0 Å². The molecule has 0 saturated heterocycles. The Morgan fingerprint density at radius 2 is 1.92 bits per heavy atom. The third kappa shape index (κ3) is 8.80. The summed E-state index contributed by atoms with van der Waals surface area (Å²) >= 11 is 0. The van der Waals surface area contributed by atoms with E-state index >= 15 is 0 Å². The number of rotatable bonds is 6. The third-order valence-corrected chi connectivity index (χ3v) is 0.953. The van der Waals surface area contributed by atoms with Crippen molar-refractivity contribution in [3.05, 3.63) is 25.3 Å². The second-order valence-electron chi connectivity index (χ2n) is 1.99. The van der Waals surface area contributed by atoms with Crippen molar-refractivity contribution < 1.29 is 9.47 Å². The van der Waals surface area contributed by atoms with Crippen LogP contribution >= 0.6 is 0 Å². The smallest absolute Gasteiger partial charge is 0.118 e. The van der Waals surface area contributed by atoms with Gasteiger partial charge < -0.3 is 9.47 Å². The van der Waals surface area contributed by atoms with E-state index in [1.807, 2.05) is 0 Å². The van der Waals surface area contributed by atoms with Crippen molar-refractivity contribution in [2.45, 2.75) is 6.42 Å². The molecule has 2 heteroatoms. The van der Waals surface area contributed by atoms with E-state index in [2.05, 4.69) is 25.2 Å². The van der Waals surface area contributed by atoms with Crippen molar-refractivity contribution >= 4 is 0 Å². The second-order valence-corrected chi connectivity index (χ2v) is 1.99. The molecular formula is C10H14O2. The fraction of sp³-hybridized carbons (Fsp3) is 0.400. The van der Waals surface area contributed by atoms with Gasteiger partial charge in [-0.2, -0.15) is 0 Å². The fourth-order valence-electron chi connectivity index (χ4n) is 0.493. The lowest BCUT2D eigenvalue weighted by Gasteiger charge is -1.93. The predicted molar refractivity (Wildman–Crippen MR) is 49.6 cm³/mol. The molecule has 0 aromatic carbocycles. The molecule has 0 heterocycles. The van der Waals surface area contributed by atoms with Gasteiger partial charge in [-0.3, -0.25) is 0 Å². The zero-order valence-electron chi connectivity index (χ0n) is 7.21. The zero-order valence-corrected chi connectivity index (χ0v) is 7.21. The lowest BCUT2D eigenvalue weighted by molar-refractivity contribution is 0.169. The molecule has 66 valence electrons. The third-order valence-electron chi connectivity index (χ3n) is 0.953. The monoisotopic (exact) mass is 166 g/mol. The normalized spacial score (nSPS) is 8.00. The molecule has 0 aromatic rings. The van der Waals surface area contributed by atoms with Crippen LogP contribution in [0.15, 0.2) is 25.3 Å². The van der Waals surface area contributed by atoms with Crippen LogP contribution in [0.4, 0.5) is 0 Å². The molecule has 0 spiro atoms. The largest absolute Gasteiger partial charge is 0.442 e. The molecule has 0 aliphatic heterocycles. The molecule has 12 heavy (non-hydrogen) atoms. The molecule has 0 unspecified atom stereocenters. The van der Waals surface area contributed by atoms with Gasteiger partial charge in [0.1, 0.15) is 12.7 Å². The molecule has 0 rings (SSSR count). The van der Waals surface area contributed by atoms with Gasteiger partial charge in [-0.05, 0) is 0 Å². The molecule has 0 fully saturated rings. The summed E-state index contributed by atoms with van der Waals surface area (Å²) in [6.07, 6.45) is 6.59. The number of hydrogen-bond acceptors (Lipinski definition) is 2. The SMILES string of the molecule is C=CCOC#CCCOCC=C. The average molecular weight is 166 g/mol. The highest BCUT2D eigenvalue weighted by atomic mass is 16.5. The van der Waals surface area contributed by atoms with E-state index < -0.39 is 0 Å². The minimum atomic E-state index is 0.473. The minimum Gasteiger partial charge on any atom is -0.442 e. The highest BCUT2D eigenvalue weighted by Crippen LogP contribution is 1.80. The van der Waals surface area contributed by atoms with E-state index in [0.29, 0.717) is 26.2 Å². The molecule has 2 nitrogen and oxygen atoms in total. The van der Waals surface area contributed by atoms with Crippen LogP contribution in [0.1, 0.15) is 6.42 Å². The molecule has 0 aliphatic rings. The van der Waals surface area contributed by atoms with Crippen LogP contribution in [0.25, 0.3) is 0 Å². The molecule has 0 bridgehead atoms. The van der Waals surface area contributed by atoms with E-state index in [0.717, 1.165) is 0 Å². The van der Waals surface area contributed by atoms with Crippen LogP contribution in [-0.4, -0.2) is 19.8 Å². The first-order valence-corrected chi connectivity index (χ1v) is 3.81. The Hall–Kier alpha value is -1.20. The van der Waals surface area contributed by atoms with Gasteiger partial charge in [0, 0.05) is 6.42 Å². The van der Waals surface area contributed by atoms with Gasteiger partial charge in [-0.1, -0.05) is 24.7 Å². The van der Waals surface area contributed by atoms with Crippen molar-refractivity contribution in [1.82, 2.24) is 0 Å². The van der Waals surface area contributed by atoms with Gasteiger partial charge in [0.15, 0.2) is 0 Å². The van der Waals surface area contributed by atoms with Crippen LogP contribution in [-0.2, 0) is 9.47 Å². The summed E-state index contributed by atoms with van der Waals surface area (Å²) in [5, 5.41) is 0. The van der Waals surface area contributed by atoms with Gasteiger partial charge in [0.2, 0.25) is 0 Å². The van der Waals surface area contributed by atoms with Crippen molar-refractivity contribution in [2.24, 2.45) is 0 Å². The zero-order chi connectivity index (χ0) is 9.07. The van der Waals surface area contributed by atoms with Gasteiger partial charge >= 0.3 is 0 Å². The van der Waals surface area contributed by atoms with Gasteiger partial charge in [-0.15, -0.1) is 6.58 Å². The Morgan fingerprint density at radius 1 is 1.17 bits per heavy atom. The van der Waals surface area contributed by atoms with Crippen molar-refractivity contribution in [3.63, 3.8) is 0 Å². The quantitative estimate of drug-likeness (QED) is 0.340. The van der Waals surface area contributed by atoms with E-state index in [1.54, 1.807) is 12.2 Å². The van der Waals surface area contributed by atoms with Crippen molar-refractivity contribution in [2.75, 3.05) is 19.8 Å². The standard InChI is InChI=1S/C10H14O2/c1-3-7-11-9-5-6-10-12-8-4-2/h3-4H,1-2,5,7-9H2. The molecule has 0 amide bonds. The van der Waals surface area contributed by atoms with Crippen LogP contribution in [0.5, 0.6) is 0 Å². The molecule has 0 aromatic heterocycles. The Bertz CT molecular complexity index is 174. The summed E-state index contributed by atoms with van der Waals surface area (Å²) in [4.78, 5) is 0. The Morgan fingerprint density at radius 3 is 2.58 bits per heavy atom. The summed E-state index contributed by atoms with van der Waals surface area (Å²) in [6, 6.07) is 0. The Balaban J connectivity index is 3.09. The highest BCUT2D eigenvalue weighted by molar-refractivity contribution is 4.91. The molecule has 0 radical (unpaired) electrons. The van der Waals surface area contributed by atoms with E-state index in [1.165, 1.54) is 0 Å². The first-order chi connectivity index (χ1) is 5.91. The molecule has 0 saturated carbocycles. The van der Waals surface area contributed by atoms with Gasteiger partial charge in [0.05, 0.1) is 13.2 Å². The molecule has 0 aliphatic carbocycles. The maximum atomic E-state index is 5.09. The number of hydrogen-bond donors (Lipinski definition) is 0. The lowest BCUT2D eigenvalue weighted by Crippen LogP contribution is -1.92. The Labute approximate surface area is 73.9 Å². The van der Waals surface area contributed by atoms with Crippen LogP contribution in [0.3, 0.4) is 0 Å². The van der Waals surface area contributed by atoms with Crippen molar-refractivity contribution in [1.29, 1.82) is 0 Å². The molecule has 0 N–H and O–H groups in total. The van der Waals surface area contributed by atoms with Crippen molar-refractivity contribution in [3.8, 4) is 12.0 Å². The lowest BCUT2D eigenvalue weighted by atomic mass is 10.5. The maximum absolute atomic E-state index is 5.09. The summed E-state index contributed by atoms with van der Waals surface area (Å²) in [6.45, 7) is 8.69. The van der Waals surface area contributed by atoms with E-state index in [4.69, 9.17) is 9.47 Å². The predicted octanol–water partition coefficient (Wildman–Crippen LogP) is 1.74. The van der Waals surface area contributed by atoms with Crippen LogP contribution in [0, 0.1) is 12.0 Å². The summed E-state index contributed by atoms with van der Waals surface area (Å²) < 4.78 is 9.93. The van der Waals surface area contributed by atoms with E-state index in [9.17, 15) is 0 Å². The average Bonchev–Trinajstić information content (AvgIpc) is 2.10. The van der Waals surface area contributed by atoms with Crippen LogP contribution in [0.2, 0.25) is 0 Å². The first kappa shape index (κ1) is 10.8. The molecular weight excluding hydrogens is 152 g/mol. The summed E-state index contributed by atoms with van der Waals surface area (Å²) in [5.41, 5.74) is 0. The summed E-state index contributed by atoms with van der Waals surface area (Å²) in [5.74, 6) is 2.80. The minimum absolute atomic E-state index is 0.473. The van der Waals surface area contributed by atoms with Gasteiger partial charge in [0.25, 0.3) is 0 Å². The topological polar surface area (TPSA) is 18.5 Å². The summed E-state index contributed by atoms with van der Waals surface area (Å²) in [7, 11) is 0. The fourth-order valence-corrected chi connectivity index (χ4v) is 0.493. The second kappa shape index (κ2) is 9.80.